The fraction of sp³-hybridized carbons (Fsp3) is 0.478. The van der Waals surface area contributed by atoms with E-state index in [1.54, 1.807) is 26.2 Å². The Kier molecular flexibility index (Phi) is 7.46. The molecular weight excluding hydrogens is 384 g/mol. The smallest absolute Gasteiger partial charge is 0.240 e. The molecule has 0 saturated carbocycles. The summed E-state index contributed by atoms with van der Waals surface area (Å²) < 4.78 is 32.5. The first kappa shape index (κ1) is 22.0. The lowest BCUT2D eigenvalue weighted by atomic mass is 10.0. The van der Waals surface area contributed by atoms with Gasteiger partial charge in [-0.3, -0.25) is 0 Å². The Morgan fingerprint density at radius 2 is 1.72 bits per heavy atom. The molecule has 3 rings (SSSR count). The van der Waals surface area contributed by atoms with Crippen molar-refractivity contribution < 1.29 is 13.2 Å². The molecular formula is C23H32N2O3S. The molecule has 6 heteroatoms. The highest BCUT2D eigenvalue weighted by Crippen LogP contribution is 2.23. The summed E-state index contributed by atoms with van der Waals surface area (Å²) in [5.74, 6) is 0. The molecule has 1 heterocycles. The van der Waals surface area contributed by atoms with E-state index in [0.29, 0.717) is 12.6 Å². The molecule has 2 aromatic carbocycles. The summed E-state index contributed by atoms with van der Waals surface area (Å²) in [7, 11) is -1.99. The Hall–Kier alpha value is -1.73. The maximum absolute atomic E-state index is 12.4. The minimum atomic E-state index is -3.54. The largest absolute Gasteiger partial charge is 0.383 e. The van der Waals surface area contributed by atoms with Crippen LogP contribution in [0.3, 0.4) is 0 Å². The molecule has 1 unspecified atom stereocenters. The Morgan fingerprint density at radius 1 is 1.10 bits per heavy atom. The first-order valence-corrected chi connectivity index (χ1v) is 11.8. The maximum Gasteiger partial charge on any atom is 0.240 e. The van der Waals surface area contributed by atoms with Crippen LogP contribution in [-0.4, -0.2) is 52.2 Å². The SMILES string of the molecule is COCC(C)NS(=O)(=O)c1ccc(-c2ccc(CCN3CCC[C@H]3C)cc2)cc1. The van der Waals surface area contributed by atoms with E-state index in [1.807, 2.05) is 12.1 Å². The summed E-state index contributed by atoms with van der Waals surface area (Å²) in [6, 6.07) is 16.0. The highest BCUT2D eigenvalue weighted by molar-refractivity contribution is 7.89. The second-order valence-corrected chi connectivity index (χ2v) is 9.69. The van der Waals surface area contributed by atoms with E-state index in [1.165, 1.54) is 24.9 Å². The molecule has 1 aliphatic rings. The Balaban J connectivity index is 1.62. The Bertz CT molecular complexity index is 879. The standard InChI is InChI=1S/C23H32N2O3S/c1-18(17-28-3)24-29(26,27)23-12-10-22(11-13-23)21-8-6-20(7-9-21)14-16-25-15-4-5-19(25)2/h6-13,18-19,24H,4-5,14-17H2,1-3H3/t18?,19-/m1/s1. The predicted molar refractivity (Wildman–Crippen MR) is 118 cm³/mol. The van der Waals surface area contributed by atoms with Crippen LogP contribution in [0.5, 0.6) is 0 Å². The van der Waals surface area contributed by atoms with Gasteiger partial charge in [0.25, 0.3) is 0 Å². The van der Waals surface area contributed by atoms with Gasteiger partial charge in [-0.2, -0.15) is 0 Å². The molecule has 1 fully saturated rings. The van der Waals surface area contributed by atoms with Crippen LogP contribution in [0.25, 0.3) is 11.1 Å². The maximum atomic E-state index is 12.4. The molecule has 29 heavy (non-hydrogen) atoms. The topological polar surface area (TPSA) is 58.6 Å². The number of nitrogens with zero attached hydrogens (tertiary/aromatic N) is 1. The van der Waals surface area contributed by atoms with Gasteiger partial charge in [-0.25, -0.2) is 13.1 Å². The predicted octanol–water partition coefficient (Wildman–Crippen LogP) is 3.69. The van der Waals surface area contributed by atoms with Crippen LogP contribution in [0.4, 0.5) is 0 Å². The quantitative estimate of drug-likeness (QED) is 0.677. The number of hydrogen-bond acceptors (Lipinski definition) is 4. The van der Waals surface area contributed by atoms with Gasteiger partial charge in [-0.05, 0) is 68.5 Å². The molecule has 0 bridgehead atoms. The molecule has 5 nitrogen and oxygen atoms in total. The van der Waals surface area contributed by atoms with Crippen molar-refractivity contribution in [3.05, 3.63) is 54.1 Å². The van der Waals surface area contributed by atoms with Gasteiger partial charge in [0.05, 0.1) is 11.5 Å². The number of nitrogens with one attached hydrogen (secondary N) is 1. The van der Waals surface area contributed by atoms with Crippen molar-refractivity contribution in [2.45, 2.75) is 50.1 Å². The van der Waals surface area contributed by atoms with Gasteiger partial charge in [0.15, 0.2) is 0 Å². The number of methoxy groups -OCH3 is 1. The summed E-state index contributed by atoms with van der Waals surface area (Å²) >= 11 is 0. The molecule has 0 aromatic heterocycles. The third-order valence-corrected chi connectivity index (χ3v) is 7.21. The fourth-order valence-electron chi connectivity index (χ4n) is 3.90. The van der Waals surface area contributed by atoms with Crippen LogP contribution in [0.2, 0.25) is 0 Å². The first-order valence-electron chi connectivity index (χ1n) is 10.3. The van der Waals surface area contributed by atoms with Crippen molar-refractivity contribution in [1.82, 2.24) is 9.62 Å². The van der Waals surface area contributed by atoms with Crippen molar-refractivity contribution in [3.63, 3.8) is 0 Å². The summed E-state index contributed by atoms with van der Waals surface area (Å²) in [5.41, 5.74) is 3.44. The van der Waals surface area contributed by atoms with Gasteiger partial charge < -0.3 is 9.64 Å². The third kappa shape index (κ3) is 5.89. The zero-order valence-corrected chi connectivity index (χ0v) is 18.4. The van der Waals surface area contributed by atoms with Crippen LogP contribution in [0.15, 0.2) is 53.4 Å². The van der Waals surface area contributed by atoms with Crippen LogP contribution in [-0.2, 0) is 21.2 Å². The number of benzene rings is 2. The van der Waals surface area contributed by atoms with E-state index in [9.17, 15) is 8.42 Å². The Morgan fingerprint density at radius 3 is 2.28 bits per heavy atom. The number of sulfonamides is 1. The molecule has 1 N–H and O–H groups in total. The van der Waals surface area contributed by atoms with E-state index in [-0.39, 0.29) is 10.9 Å². The number of hydrogen-bond donors (Lipinski definition) is 1. The van der Waals surface area contributed by atoms with Gasteiger partial charge >= 0.3 is 0 Å². The minimum absolute atomic E-state index is 0.264. The van der Waals surface area contributed by atoms with Crippen molar-refractivity contribution in [2.75, 3.05) is 26.8 Å². The zero-order chi connectivity index (χ0) is 20.9. The van der Waals surface area contributed by atoms with Crippen molar-refractivity contribution in [3.8, 4) is 11.1 Å². The highest BCUT2D eigenvalue weighted by atomic mass is 32.2. The lowest BCUT2D eigenvalue weighted by molar-refractivity contribution is 0.180. The minimum Gasteiger partial charge on any atom is -0.383 e. The van der Waals surface area contributed by atoms with E-state index in [2.05, 4.69) is 40.8 Å². The van der Waals surface area contributed by atoms with Gasteiger partial charge in [0, 0.05) is 25.7 Å². The summed E-state index contributed by atoms with van der Waals surface area (Å²) in [6.07, 6.45) is 3.69. The molecule has 1 saturated heterocycles. The molecule has 0 amide bonds. The van der Waals surface area contributed by atoms with Gasteiger partial charge in [0.2, 0.25) is 10.0 Å². The van der Waals surface area contributed by atoms with E-state index in [0.717, 1.165) is 24.1 Å². The normalized spacial score (nSPS) is 18.8. The van der Waals surface area contributed by atoms with Crippen LogP contribution in [0.1, 0.15) is 32.3 Å². The average molecular weight is 417 g/mol. The summed E-state index contributed by atoms with van der Waals surface area (Å²) in [6.45, 7) is 6.75. The number of likely N-dealkylation sites (tertiary alicyclic amines) is 1. The molecule has 0 radical (unpaired) electrons. The lowest BCUT2D eigenvalue weighted by Gasteiger charge is -2.20. The molecule has 1 aliphatic heterocycles. The zero-order valence-electron chi connectivity index (χ0n) is 17.6. The van der Waals surface area contributed by atoms with Crippen LogP contribution in [0, 0.1) is 0 Å². The van der Waals surface area contributed by atoms with Gasteiger partial charge in [-0.15, -0.1) is 0 Å². The number of ether oxygens (including phenoxy) is 1. The average Bonchev–Trinajstić information content (AvgIpc) is 3.11. The molecule has 158 valence electrons. The van der Waals surface area contributed by atoms with Crippen molar-refractivity contribution in [1.29, 1.82) is 0 Å². The monoisotopic (exact) mass is 416 g/mol. The highest BCUT2D eigenvalue weighted by Gasteiger charge is 2.19. The molecule has 0 spiro atoms. The van der Waals surface area contributed by atoms with Crippen LogP contribution >= 0.6 is 0 Å². The van der Waals surface area contributed by atoms with E-state index >= 15 is 0 Å². The summed E-state index contributed by atoms with van der Waals surface area (Å²) in [5, 5.41) is 0. The summed E-state index contributed by atoms with van der Waals surface area (Å²) in [4.78, 5) is 2.83. The molecule has 0 aliphatic carbocycles. The molecule has 2 aromatic rings. The van der Waals surface area contributed by atoms with E-state index in [4.69, 9.17) is 4.74 Å². The van der Waals surface area contributed by atoms with Gasteiger partial charge in [0.1, 0.15) is 0 Å². The Labute approximate surface area is 175 Å². The second kappa shape index (κ2) is 9.85. The van der Waals surface area contributed by atoms with Crippen LogP contribution < -0.4 is 4.72 Å². The van der Waals surface area contributed by atoms with E-state index < -0.39 is 10.0 Å². The second-order valence-electron chi connectivity index (χ2n) is 7.98. The lowest BCUT2D eigenvalue weighted by Crippen LogP contribution is -2.35. The van der Waals surface area contributed by atoms with Crippen molar-refractivity contribution >= 4 is 10.0 Å². The number of rotatable bonds is 9. The fourth-order valence-corrected chi connectivity index (χ4v) is 5.13. The molecule has 2 atom stereocenters. The first-order chi connectivity index (χ1) is 13.9. The van der Waals surface area contributed by atoms with Gasteiger partial charge in [-0.1, -0.05) is 36.4 Å². The third-order valence-electron chi connectivity index (χ3n) is 5.60. The van der Waals surface area contributed by atoms with Crippen molar-refractivity contribution in [2.24, 2.45) is 0 Å².